The molecule has 0 bridgehead atoms. The van der Waals surface area contributed by atoms with Crippen LogP contribution in [0.5, 0.6) is 0 Å². The van der Waals surface area contributed by atoms with Gasteiger partial charge in [0.05, 0.1) is 13.2 Å². The molecule has 5 aliphatic rings. The summed E-state index contributed by atoms with van der Waals surface area (Å²) >= 11 is 0. The Labute approximate surface area is 213 Å². The van der Waals surface area contributed by atoms with Crippen LogP contribution in [0, 0.1) is 46.3 Å². The highest BCUT2D eigenvalue weighted by Gasteiger charge is 2.64. The number of hydrogen-bond acceptors (Lipinski definition) is 4. The van der Waals surface area contributed by atoms with Crippen LogP contribution in [-0.2, 0) is 19.0 Å². The summed E-state index contributed by atoms with van der Waals surface area (Å²) in [6.45, 7) is 15.1. The summed E-state index contributed by atoms with van der Waals surface area (Å²) in [6, 6.07) is 0. The second-order valence-corrected chi connectivity index (χ2v) is 13.7. The van der Waals surface area contributed by atoms with E-state index < -0.39 is 11.9 Å². The number of carbonyl (C=O) groups is 1. The molecular formula is C31H50O4. The van der Waals surface area contributed by atoms with Crippen molar-refractivity contribution in [1.29, 1.82) is 0 Å². The van der Waals surface area contributed by atoms with Crippen LogP contribution in [0.15, 0.2) is 11.6 Å². The van der Waals surface area contributed by atoms with Crippen molar-refractivity contribution in [2.45, 2.75) is 118 Å². The molecule has 35 heavy (non-hydrogen) atoms. The highest BCUT2D eigenvalue weighted by Crippen LogP contribution is 2.68. The summed E-state index contributed by atoms with van der Waals surface area (Å²) in [7, 11) is 0. The second kappa shape index (κ2) is 9.46. The molecule has 0 radical (unpaired) electrons. The van der Waals surface area contributed by atoms with Gasteiger partial charge in [0.1, 0.15) is 0 Å². The number of ether oxygens (including phenoxy) is 3. The zero-order chi connectivity index (χ0) is 25.0. The van der Waals surface area contributed by atoms with Crippen LogP contribution < -0.4 is 0 Å². The van der Waals surface area contributed by atoms with Crippen LogP contribution in [0.25, 0.3) is 0 Å². The average Bonchev–Trinajstić information content (AvgIpc) is 3.40. The maximum Gasteiger partial charge on any atom is 0.303 e. The third kappa shape index (κ3) is 4.23. The third-order valence-corrected chi connectivity index (χ3v) is 11.5. The van der Waals surface area contributed by atoms with E-state index in [-0.39, 0.29) is 11.4 Å². The van der Waals surface area contributed by atoms with Gasteiger partial charge in [0, 0.05) is 13.3 Å². The van der Waals surface area contributed by atoms with Crippen LogP contribution in [0.1, 0.15) is 106 Å². The topological polar surface area (TPSA) is 44.8 Å². The lowest BCUT2D eigenvalue weighted by atomic mass is 9.46. The molecule has 5 rings (SSSR count). The van der Waals surface area contributed by atoms with E-state index >= 15 is 0 Å². The van der Waals surface area contributed by atoms with E-state index in [4.69, 9.17) is 14.2 Å². The van der Waals surface area contributed by atoms with Crippen LogP contribution in [0.2, 0.25) is 0 Å². The predicted octanol–water partition coefficient (Wildman–Crippen LogP) is 7.31. The Morgan fingerprint density at radius 3 is 2.46 bits per heavy atom. The maximum absolute atomic E-state index is 12.2. The molecule has 4 fully saturated rings. The smallest absolute Gasteiger partial charge is 0.303 e. The third-order valence-electron chi connectivity index (χ3n) is 11.5. The molecule has 0 aromatic rings. The lowest BCUT2D eigenvalue weighted by Crippen LogP contribution is -2.59. The summed E-state index contributed by atoms with van der Waals surface area (Å²) in [5, 5.41) is 0. The van der Waals surface area contributed by atoms with E-state index in [1.165, 1.54) is 57.4 Å². The Balaban J connectivity index is 1.38. The molecule has 198 valence electrons. The molecule has 0 unspecified atom stereocenters. The summed E-state index contributed by atoms with van der Waals surface area (Å²) in [5.41, 5.74) is 1.86. The molecule has 4 heteroatoms. The molecule has 1 spiro atoms. The number of esters is 1. The van der Waals surface area contributed by atoms with Gasteiger partial charge in [0.2, 0.25) is 5.79 Å². The van der Waals surface area contributed by atoms with Crippen molar-refractivity contribution in [3.8, 4) is 0 Å². The molecule has 1 aliphatic heterocycles. The van der Waals surface area contributed by atoms with Crippen LogP contribution >= 0.6 is 0 Å². The second-order valence-electron chi connectivity index (χ2n) is 13.7. The van der Waals surface area contributed by atoms with Crippen LogP contribution in [0.3, 0.4) is 0 Å². The van der Waals surface area contributed by atoms with Gasteiger partial charge < -0.3 is 14.2 Å². The van der Waals surface area contributed by atoms with E-state index in [0.29, 0.717) is 24.5 Å². The quantitative estimate of drug-likeness (QED) is 0.292. The average molecular weight is 487 g/mol. The molecule has 0 N–H and O–H groups in total. The van der Waals surface area contributed by atoms with Gasteiger partial charge in [-0.05, 0) is 90.4 Å². The molecule has 0 aromatic heterocycles. The standard InChI is InChI=1S/C31H50O4/c1-20(2)8-7-9-21(3)24-12-13-25-23-10-11-27-28(35-22(4)32)31(33-18-19-34-31)17-16-30(27,6)26(23)14-15-29(24,25)5/h11,20-21,23-26,28H,7-10,12-19H2,1-6H3/t21-,23+,24+,25+,26+,28+,29-,30-/m1/s1. The minimum Gasteiger partial charge on any atom is -0.452 e. The Hall–Kier alpha value is -0.870. The van der Waals surface area contributed by atoms with Crippen molar-refractivity contribution in [2.24, 2.45) is 46.3 Å². The fourth-order valence-electron chi connectivity index (χ4n) is 9.77. The Morgan fingerprint density at radius 1 is 1.03 bits per heavy atom. The summed E-state index contributed by atoms with van der Waals surface area (Å²) < 4.78 is 18.3. The van der Waals surface area contributed by atoms with Gasteiger partial charge in [-0.3, -0.25) is 4.79 Å². The maximum atomic E-state index is 12.2. The first-order valence-electron chi connectivity index (χ1n) is 14.8. The highest BCUT2D eigenvalue weighted by atomic mass is 16.8. The molecule has 8 atom stereocenters. The van der Waals surface area contributed by atoms with Crippen molar-refractivity contribution in [1.82, 2.24) is 0 Å². The van der Waals surface area contributed by atoms with Crippen molar-refractivity contribution in [2.75, 3.05) is 13.2 Å². The van der Waals surface area contributed by atoms with Crippen molar-refractivity contribution < 1.29 is 19.0 Å². The summed E-state index contributed by atoms with van der Waals surface area (Å²) in [4.78, 5) is 12.2. The van der Waals surface area contributed by atoms with Crippen molar-refractivity contribution in [3.05, 3.63) is 11.6 Å². The van der Waals surface area contributed by atoms with Gasteiger partial charge in [0.25, 0.3) is 0 Å². The number of rotatable bonds is 6. The Morgan fingerprint density at radius 2 is 1.77 bits per heavy atom. The van der Waals surface area contributed by atoms with Gasteiger partial charge in [0.15, 0.2) is 6.10 Å². The summed E-state index contributed by atoms with van der Waals surface area (Å²) in [5.74, 6) is 3.79. The van der Waals surface area contributed by atoms with Gasteiger partial charge in [-0.2, -0.15) is 0 Å². The molecule has 0 amide bonds. The Kier molecular flexibility index (Phi) is 6.96. The zero-order valence-electron chi connectivity index (χ0n) is 23.2. The fraction of sp³-hybridized carbons (Fsp3) is 0.903. The fourth-order valence-corrected chi connectivity index (χ4v) is 9.77. The van der Waals surface area contributed by atoms with Crippen molar-refractivity contribution >= 4 is 5.97 Å². The minimum absolute atomic E-state index is 0.0753. The first kappa shape index (κ1) is 25.8. The normalized spacial score (nSPS) is 42.8. The molecule has 3 saturated carbocycles. The van der Waals surface area contributed by atoms with E-state index in [0.717, 1.165) is 48.9 Å². The number of carbonyl (C=O) groups excluding carboxylic acids is 1. The SMILES string of the molecule is CC(=O)O[C@H]1C2=CC[C@H]3[C@@H]4CC[C@@H]([C@H](C)CCCC(C)C)[C@@]4(C)CC[C@@H]3[C@@]2(C)CCC12OCCO2. The molecular weight excluding hydrogens is 436 g/mol. The van der Waals surface area contributed by atoms with E-state index in [2.05, 4.69) is 40.7 Å². The minimum atomic E-state index is -0.767. The van der Waals surface area contributed by atoms with Gasteiger partial charge in [-0.15, -0.1) is 0 Å². The molecule has 1 saturated heterocycles. The zero-order valence-corrected chi connectivity index (χ0v) is 23.2. The van der Waals surface area contributed by atoms with Gasteiger partial charge >= 0.3 is 5.97 Å². The summed E-state index contributed by atoms with van der Waals surface area (Å²) in [6.07, 6.45) is 14.7. The lowest BCUT2D eigenvalue weighted by molar-refractivity contribution is -0.245. The lowest BCUT2D eigenvalue weighted by Gasteiger charge is -2.60. The molecule has 4 aliphatic carbocycles. The number of hydrogen-bond donors (Lipinski definition) is 0. The van der Waals surface area contributed by atoms with Crippen LogP contribution in [-0.4, -0.2) is 31.1 Å². The monoisotopic (exact) mass is 486 g/mol. The van der Waals surface area contributed by atoms with Crippen LogP contribution in [0.4, 0.5) is 0 Å². The predicted molar refractivity (Wildman–Crippen MR) is 139 cm³/mol. The van der Waals surface area contributed by atoms with E-state index in [9.17, 15) is 4.79 Å². The van der Waals surface area contributed by atoms with Crippen molar-refractivity contribution in [3.63, 3.8) is 0 Å². The number of fused-ring (bicyclic) bond motifs is 5. The van der Waals surface area contributed by atoms with Gasteiger partial charge in [-0.1, -0.05) is 60.0 Å². The largest absolute Gasteiger partial charge is 0.452 e. The first-order chi connectivity index (χ1) is 16.6. The Bertz CT molecular complexity index is 826. The number of allylic oxidation sites excluding steroid dienone is 1. The first-order valence-corrected chi connectivity index (χ1v) is 14.8. The molecule has 1 heterocycles. The van der Waals surface area contributed by atoms with E-state index in [1.54, 1.807) is 0 Å². The molecule has 0 aromatic carbocycles. The molecule has 4 nitrogen and oxygen atoms in total. The highest BCUT2D eigenvalue weighted by molar-refractivity contribution is 5.67. The van der Waals surface area contributed by atoms with E-state index in [1.807, 2.05) is 0 Å². The van der Waals surface area contributed by atoms with Gasteiger partial charge in [-0.25, -0.2) is 0 Å².